The first kappa shape index (κ1) is 8.46. The van der Waals surface area contributed by atoms with Crippen molar-refractivity contribution in [1.82, 2.24) is 4.57 Å². The molecule has 0 aliphatic rings. The van der Waals surface area contributed by atoms with Crippen molar-refractivity contribution in [2.45, 2.75) is 12.7 Å². The fourth-order valence-electron chi connectivity index (χ4n) is 0.715. The van der Waals surface area contributed by atoms with Crippen molar-refractivity contribution in [1.29, 1.82) is 0 Å². The zero-order chi connectivity index (χ0) is 8.48. The molecule has 1 aromatic heterocycles. The molecule has 0 bridgehead atoms. The van der Waals surface area contributed by atoms with Crippen LogP contribution in [0.3, 0.4) is 0 Å². The van der Waals surface area contributed by atoms with Crippen LogP contribution in [0.15, 0.2) is 18.3 Å². The van der Waals surface area contributed by atoms with E-state index in [2.05, 4.69) is 0 Å². The molecule has 5 heteroatoms. The highest BCUT2D eigenvalue weighted by atomic mass is 35.5. The zero-order valence-corrected chi connectivity index (χ0v) is 6.15. The van der Waals surface area contributed by atoms with Gasteiger partial charge in [-0.05, 0) is 12.1 Å². The number of aromatic nitrogens is 1. The normalized spacial score (nSPS) is 12.0. The second-order valence-electron chi connectivity index (χ2n) is 2.07. The van der Waals surface area contributed by atoms with Gasteiger partial charge in [0, 0.05) is 6.20 Å². The van der Waals surface area contributed by atoms with Crippen LogP contribution in [0.1, 0.15) is 0 Å². The molecule has 1 nitrogen and oxygen atoms in total. The zero-order valence-electron chi connectivity index (χ0n) is 5.40. The van der Waals surface area contributed by atoms with Gasteiger partial charge in [0.05, 0.1) is 0 Å². The molecule has 0 aromatic carbocycles. The summed E-state index contributed by atoms with van der Waals surface area (Å²) in [7, 11) is 0. The quantitative estimate of drug-likeness (QED) is 0.631. The van der Waals surface area contributed by atoms with Crippen molar-refractivity contribution < 1.29 is 13.2 Å². The molecule has 0 saturated carbocycles. The van der Waals surface area contributed by atoms with E-state index in [1.165, 1.54) is 18.3 Å². The molecule has 0 saturated heterocycles. The molecule has 1 heterocycles. The average Bonchev–Trinajstić information content (AvgIpc) is 2.12. The number of hydrogen-bond donors (Lipinski definition) is 0. The summed E-state index contributed by atoms with van der Waals surface area (Å²) in [6.07, 6.45) is -2.92. The highest BCUT2D eigenvalue weighted by Gasteiger charge is 2.28. The van der Waals surface area contributed by atoms with Crippen molar-refractivity contribution in [3.05, 3.63) is 23.5 Å². The Morgan fingerprint density at radius 1 is 1.45 bits per heavy atom. The first-order valence-electron chi connectivity index (χ1n) is 2.86. The van der Waals surface area contributed by atoms with Gasteiger partial charge in [0.25, 0.3) is 0 Å². The third-order valence-corrected chi connectivity index (χ3v) is 1.47. The van der Waals surface area contributed by atoms with Crippen LogP contribution in [-0.2, 0) is 6.54 Å². The summed E-state index contributed by atoms with van der Waals surface area (Å²) in [5.74, 6) is 0. The first-order valence-corrected chi connectivity index (χ1v) is 3.24. The van der Waals surface area contributed by atoms with Gasteiger partial charge in [-0.2, -0.15) is 13.2 Å². The van der Waals surface area contributed by atoms with Gasteiger partial charge in [0.15, 0.2) is 0 Å². The smallest absolute Gasteiger partial charge is 0.330 e. The van der Waals surface area contributed by atoms with Crippen LogP contribution < -0.4 is 0 Å². The number of alkyl halides is 3. The van der Waals surface area contributed by atoms with Crippen molar-refractivity contribution in [2.24, 2.45) is 0 Å². The lowest BCUT2D eigenvalue weighted by atomic mass is 10.6. The van der Waals surface area contributed by atoms with E-state index in [9.17, 15) is 13.2 Å². The molecular weight excluding hydrogens is 179 g/mol. The molecular formula is C6H5ClF3N. The predicted octanol–water partition coefficient (Wildman–Crippen LogP) is 2.70. The van der Waals surface area contributed by atoms with Crippen molar-refractivity contribution in [3.8, 4) is 0 Å². The molecule has 62 valence electrons. The maximum Gasteiger partial charge on any atom is 0.406 e. The van der Waals surface area contributed by atoms with Gasteiger partial charge in [0.2, 0.25) is 0 Å². The van der Waals surface area contributed by atoms with Gasteiger partial charge in [-0.15, -0.1) is 0 Å². The summed E-state index contributed by atoms with van der Waals surface area (Å²) in [6.45, 7) is -1.03. The topological polar surface area (TPSA) is 4.93 Å². The van der Waals surface area contributed by atoms with Gasteiger partial charge in [-0.1, -0.05) is 11.6 Å². The Morgan fingerprint density at radius 3 is 2.45 bits per heavy atom. The van der Waals surface area contributed by atoms with Gasteiger partial charge in [0.1, 0.15) is 11.7 Å². The maximum atomic E-state index is 11.7. The molecule has 1 aromatic rings. The van der Waals surface area contributed by atoms with Gasteiger partial charge in [-0.25, -0.2) is 0 Å². The fourth-order valence-corrected chi connectivity index (χ4v) is 0.903. The Bertz CT molecular complexity index is 240. The SMILES string of the molecule is FC(F)(F)Cn1cccc1Cl. The van der Waals surface area contributed by atoms with Crippen molar-refractivity contribution in [2.75, 3.05) is 0 Å². The summed E-state index contributed by atoms with van der Waals surface area (Å²) < 4.78 is 36.1. The minimum Gasteiger partial charge on any atom is -0.330 e. The summed E-state index contributed by atoms with van der Waals surface area (Å²) >= 11 is 5.41. The van der Waals surface area contributed by atoms with E-state index in [0.29, 0.717) is 0 Å². The van der Waals surface area contributed by atoms with Gasteiger partial charge in [-0.3, -0.25) is 0 Å². The minimum absolute atomic E-state index is 0.0994. The Morgan fingerprint density at radius 2 is 2.09 bits per heavy atom. The fraction of sp³-hybridized carbons (Fsp3) is 0.333. The average molecular weight is 184 g/mol. The standard InChI is InChI=1S/C6H5ClF3N/c7-5-2-1-3-11(5)4-6(8,9)10/h1-3H,4H2. The van der Waals surface area contributed by atoms with Crippen molar-refractivity contribution >= 4 is 11.6 Å². The van der Waals surface area contributed by atoms with Gasteiger partial charge < -0.3 is 4.57 Å². The Kier molecular flexibility index (Phi) is 2.13. The second-order valence-corrected chi connectivity index (χ2v) is 2.46. The van der Waals surface area contributed by atoms with E-state index in [1.54, 1.807) is 0 Å². The first-order chi connectivity index (χ1) is 4.99. The highest BCUT2D eigenvalue weighted by Crippen LogP contribution is 2.20. The third-order valence-electron chi connectivity index (χ3n) is 1.12. The lowest BCUT2D eigenvalue weighted by Gasteiger charge is -2.07. The van der Waals surface area contributed by atoms with Crippen LogP contribution in [0.25, 0.3) is 0 Å². The number of rotatable bonds is 1. The molecule has 1 rings (SSSR count). The predicted molar refractivity (Wildman–Crippen MR) is 35.5 cm³/mol. The second kappa shape index (κ2) is 2.77. The van der Waals surface area contributed by atoms with Crippen LogP contribution in [0.4, 0.5) is 13.2 Å². The van der Waals surface area contributed by atoms with Crippen LogP contribution in [-0.4, -0.2) is 10.7 Å². The maximum absolute atomic E-state index is 11.7. The molecule has 11 heavy (non-hydrogen) atoms. The molecule has 0 amide bonds. The Labute approximate surface area is 66.4 Å². The monoisotopic (exact) mass is 183 g/mol. The van der Waals surface area contributed by atoms with E-state index in [-0.39, 0.29) is 5.15 Å². The van der Waals surface area contributed by atoms with E-state index in [0.717, 1.165) is 4.57 Å². The summed E-state index contributed by atoms with van der Waals surface area (Å²) in [5, 5.41) is 0.0994. The van der Waals surface area contributed by atoms with Crippen LogP contribution in [0.5, 0.6) is 0 Å². The van der Waals surface area contributed by atoms with Crippen molar-refractivity contribution in [3.63, 3.8) is 0 Å². The molecule has 0 atom stereocenters. The number of nitrogens with zero attached hydrogens (tertiary/aromatic N) is 1. The van der Waals surface area contributed by atoms with Crippen LogP contribution in [0, 0.1) is 0 Å². The summed E-state index contributed by atoms with van der Waals surface area (Å²) in [6, 6.07) is 2.88. The van der Waals surface area contributed by atoms with Crippen LogP contribution >= 0.6 is 11.6 Å². The van der Waals surface area contributed by atoms with E-state index < -0.39 is 12.7 Å². The summed E-state index contributed by atoms with van der Waals surface area (Å²) in [4.78, 5) is 0. The Balaban J connectivity index is 2.72. The molecule has 0 aliphatic carbocycles. The molecule has 0 fully saturated rings. The lowest BCUT2D eigenvalue weighted by molar-refractivity contribution is -0.140. The molecule has 0 aliphatic heterocycles. The van der Waals surface area contributed by atoms with E-state index in [1.807, 2.05) is 0 Å². The van der Waals surface area contributed by atoms with Crippen LogP contribution in [0.2, 0.25) is 5.15 Å². The van der Waals surface area contributed by atoms with Gasteiger partial charge >= 0.3 is 6.18 Å². The summed E-state index contributed by atoms with van der Waals surface area (Å²) in [5.41, 5.74) is 0. The molecule has 0 N–H and O–H groups in total. The van der Waals surface area contributed by atoms with E-state index in [4.69, 9.17) is 11.6 Å². The number of hydrogen-bond acceptors (Lipinski definition) is 0. The van der Waals surface area contributed by atoms with E-state index >= 15 is 0 Å². The highest BCUT2D eigenvalue weighted by molar-refractivity contribution is 6.29. The Hall–Kier alpha value is -0.640. The molecule has 0 radical (unpaired) electrons. The molecule has 0 spiro atoms. The lowest BCUT2D eigenvalue weighted by Crippen LogP contribution is -2.16. The minimum atomic E-state index is -4.21. The number of halogens is 4. The molecule has 0 unspecified atom stereocenters. The largest absolute Gasteiger partial charge is 0.406 e. The third kappa shape index (κ3) is 2.46.